The van der Waals surface area contributed by atoms with Crippen LogP contribution in [0.2, 0.25) is 10.0 Å². The number of H-pyrrole nitrogens is 1. The molecule has 0 saturated heterocycles. The fraction of sp³-hybridized carbons (Fsp3) is 0.233. The van der Waals surface area contributed by atoms with Gasteiger partial charge < -0.3 is 15.0 Å². The SMILES string of the molecule is O=C([C@H](O)c1cccc(-c2ccc(Cl)c(Cl)c2)c1)N1CCc2nc(C3(c4ccccc4)CC3)[nH]c(=O)c2C1. The van der Waals surface area contributed by atoms with Crippen molar-refractivity contribution in [1.29, 1.82) is 0 Å². The Morgan fingerprint density at radius 3 is 2.47 bits per heavy atom. The van der Waals surface area contributed by atoms with Crippen molar-refractivity contribution in [2.24, 2.45) is 0 Å². The Morgan fingerprint density at radius 2 is 1.74 bits per heavy atom. The van der Waals surface area contributed by atoms with Gasteiger partial charge in [-0.2, -0.15) is 0 Å². The molecule has 2 N–H and O–H groups in total. The molecular weight excluding hydrogens is 521 g/mol. The summed E-state index contributed by atoms with van der Waals surface area (Å²) in [6.45, 7) is 0.488. The van der Waals surface area contributed by atoms with Crippen molar-refractivity contribution in [1.82, 2.24) is 14.9 Å². The average molecular weight is 546 g/mol. The topological polar surface area (TPSA) is 86.3 Å². The van der Waals surface area contributed by atoms with Crippen LogP contribution in [0.15, 0.2) is 77.6 Å². The van der Waals surface area contributed by atoms with Crippen LogP contribution in [0.3, 0.4) is 0 Å². The molecule has 1 amide bonds. The van der Waals surface area contributed by atoms with E-state index in [9.17, 15) is 14.7 Å². The zero-order valence-electron chi connectivity index (χ0n) is 20.5. The molecule has 2 heterocycles. The van der Waals surface area contributed by atoms with Gasteiger partial charge in [-0.3, -0.25) is 9.59 Å². The highest BCUT2D eigenvalue weighted by molar-refractivity contribution is 6.42. The first kappa shape index (κ1) is 24.9. The number of benzene rings is 3. The zero-order valence-corrected chi connectivity index (χ0v) is 22.0. The number of nitrogens with one attached hydrogen (secondary N) is 1. The summed E-state index contributed by atoms with van der Waals surface area (Å²) in [5.41, 5.74) is 3.99. The minimum absolute atomic E-state index is 0.110. The van der Waals surface area contributed by atoms with E-state index in [0.717, 1.165) is 35.2 Å². The summed E-state index contributed by atoms with van der Waals surface area (Å²) in [6, 6.07) is 22.6. The maximum Gasteiger partial charge on any atom is 0.256 e. The lowest BCUT2D eigenvalue weighted by molar-refractivity contribution is -0.141. The zero-order chi connectivity index (χ0) is 26.4. The van der Waals surface area contributed by atoms with Crippen LogP contribution in [0, 0.1) is 0 Å². The number of hydrogen-bond donors (Lipinski definition) is 2. The van der Waals surface area contributed by atoms with Crippen molar-refractivity contribution in [3.63, 3.8) is 0 Å². The van der Waals surface area contributed by atoms with Gasteiger partial charge in [-0.05, 0) is 53.3 Å². The van der Waals surface area contributed by atoms with Gasteiger partial charge in [0.1, 0.15) is 5.82 Å². The summed E-state index contributed by atoms with van der Waals surface area (Å²) in [5.74, 6) is 0.250. The van der Waals surface area contributed by atoms with Crippen LogP contribution in [-0.2, 0) is 23.2 Å². The van der Waals surface area contributed by atoms with E-state index in [-0.39, 0.29) is 17.5 Å². The predicted molar refractivity (Wildman–Crippen MR) is 147 cm³/mol. The molecule has 2 aliphatic rings. The number of amides is 1. The molecule has 0 unspecified atom stereocenters. The molecular formula is C30H25Cl2N3O3. The van der Waals surface area contributed by atoms with E-state index in [0.29, 0.717) is 40.0 Å². The van der Waals surface area contributed by atoms with Gasteiger partial charge in [-0.25, -0.2) is 4.98 Å². The number of hydrogen-bond acceptors (Lipinski definition) is 4. The summed E-state index contributed by atoms with van der Waals surface area (Å²) >= 11 is 12.2. The number of aromatic amines is 1. The number of aliphatic hydroxyl groups excluding tert-OH is 1. The van der Waals surface area contributed by atoms with Gasteiger partial charge >= 0.3 is 0 Å². The van der Waals surface area contributed by atoms with Crippen LogP contribution in [0.25, 0.3) is 11.1 Å². The molecule has 1 saturated carbocycles. The lowest BCUT2D eigenvalue weighted by Gasteiger charge is -2.30. The molecule has 0 spiro atoms. The molecule has 6 rings (SSSR count). The van der Waals surface area contributed by atoms with Crippen molar-refractivity contribution >= 4 is 29.1 Å². The third-order valence-electron chi connectivity index (χ3n) is 7.60. The Morgan fingerprint density at radius 1 is 0.974 bits per heavy atom. The first-order chi connectivity index (χ1) is 18.4. The Balaban J connectivity index is 1.22. The van der Waals surface area contributed by atoms with Gasteiger partial charge in [0.15, 0.2) is 6.10 Å². The second kappa shape index (κ2) is 9.70. The van der Waals surface area contributed by atoms with E-state index < -0.39 is 12.0 Å². The second-order valence-electron chi connectivity index (χ2n) is 9.95. The van der Waals surface area contributed by atoms with Gasteiger partial charge in [0.05, 0.1) is 33.3 Å². The Labute approximate surface area is 229 Å². The number of nitrogens with zero attached hydrogens (tertiary/aromatic N) is 2. The van der Waals surface area contributed by atoms with Crippen molar-refractivity contribution in [3.8, 4) is 11.1 Å². The van der Waals surface area contributed by atoms with Gasteiger partial charge in [-0.15, -0.1) is 0 Å². The second-order valence-corrected chi connectivity index (χ2v) is 10.8. The molecule has 4 aromatic rings. The van der Waals surface area contributed by atoms with E-state index in [2.05, 4.69) is 17.1 Å². The average Bonchev–Trinajstić information content (AvgIpc) is 3.76. The molecule has 1 aliphatic heterocycles. The molecule has 6 nitrogen and oxygen atoms in total. The van der Waals surface area contributed by atoms with E-state index >= 15 is 0 Å². The number of rotatable bonds is 5. The van der Waals surface area contributed by atoms with Gasteiger partial charge in [0.2, 0.25) is 0 Å². The van der Waals surface area contributed by atoms with Crippen LogP contribution in [0.1, 0.15) is 47.2 Å². The van der Waals surface area contributed by atoms with Gasteiger partial charge in [0, 0.05) is 13.0 Å². The van der Waals surface area contributed by atoms with E-state index in [1.165, 1.54) is 4.90 Å². The number of carbonyl (C=O) groups is 1. The standard InChI is InChI=1S/C30H25Cl2N3O3/c31-23-10-9-19(16-24(23)32)18-5-4-6-20(15-18)26(36)28(38)35-14-11-25-22(17-35)27(37)34-29(33-25)30(12-13-30)21-7-2-1-3-8-21/h1-10,15-16,26,36H,11-14,17H2,(H,33,34,37)/t26-/m1/s1. The normalized spacial score (nSPS) is 16.6. The molecule has 0 radical (unpaired) electrons. The maximum atomic E-state index is 13.3. The van der Waals surface area contributed by atoms with Gasteiger partial charge in [0.25, 0.3) is 11.5 Å². The first-order valence-electron chi connectivity index (χ1n) is 12.6. The van der Waals surface area contributed by atoms with Crippen LogP contribution in [0.5, 0.6) is 0 Å². The first-order valence-corrected chi connectivity index (χ1v) is 13.3. The lowest BCUT2D eigenvalue weighted by Crippen LogP contribution is -2.42. The van der Waals surface area contributed by atoms with Crippen LogP contribution < -0.4 is 5.56 Å². The van der Waals surface area contributed by atoms with Crippen LogP contribution in [-0.4, -0.2) is 32.4 Å². The quantitative estimate of drug-likeness (QED) is 0.349. The Kier molecular flexibility index (Phi) is 6.34. The summed E-state index contributed by atoms with van der Waals surface area (Å²) in [7, 11) is 0. The molecule has 0 bridgehead atoms. The largest absolute Gasteiger partial charge is 0.378 e. The summed E-state index contributed by atoms with van der Waals surface area (Å²) in [5, 5.41) is 11.9. The Hall–Kier alpha value is -3.45. The third kappa shape index (κ3) is 4.43. The monoisotopic (exact) mass is 545 g/mol. The highest BCUT2D eigenvalue weighted by atomic mass is 35.5. The number of aromatic nitrogens is 2. The van der Waals surface area contributed by atoms with Crippen LogP contribution in [0.4, 0.5) is 0 Å². The highest BCUT2D eigenvalue weighted by Crippen LogP contribution is 2.52. The summed E-state index contributed by atoms with van der Waals surface area (Å²) in [4.78, 5) is 35.8. The highest BCUT2D eigenvalue weighted by Gasteiger charge is 2.48. The number of fused-ring (bicyclic) bond motifs is 1. The van der Waals surface area contributed by atoms with E-state index in [1.54, 1.807) is 30.3 Å². The molecule has 192 valence electrons. The van der Waals surface area contributed by atoms with E-state index in [1.807, 2.05) is 30.3 Å². The molecule has 1 atom stereocenters. The minimum Gasteiger partial charge on any atom is -0.378 e. The van der Waals surface area contributed by atoms with Gasteiger partial charge in [-0.1, -0.05) is 77.8 Å². The molecule has 1 aliphatic carbocycles. The third-order valence-corrected chi connectivity index (χ3v) is 8.34. The number of halogens is 2. The van der Waals surface area contributed by atoms with Crippen molar-refractivity contribution in [3.05, 3.63) is 121 Å². The van der Waals surface area contributed by atoms with Crippen molar-refractivity contribution in [2.45, 2.75) is 37.3 Å². The van der Waals surface area contributed by atoms with Crippen molar-refractivity contribution < 1.29 is 9.90 Å². The summed E-state index contributed by atoms with van der Waals surface area (Å²) < 4.78 is 0. The predicted octanol–water partition coefficient (Wildman–Crippen LogP) is 5.44. The summed E-state index contributed by atoms with van der Waals surface area (Å²) in [6.07, 6.45) is 0.977. The molecule has 8 heteroatoms. The minimum atomic E-state index is -1.36. The maximum absolute atomic E-state index is 13.3. The molecule has 1 fully saturated rings. The molecule has 1 aromatic heterocycles. The van der Waals surface area contributed by atoms with E-state index in [4.69, 9.17) is 28.2 Å². The number of aliphatic hydroxyl groups is 1. The number of carbonyl (C=O) groups excluding carboxylic acids is 1. The smallest absolute Gasteiger partial charge is 0.256 e. The van der Waals surface area contributed by atoms with Crippen LogP contribution >= 0.6 is 23.2 Å². The Bertz CT molecular complexity index is 1600. The lowest BCUT2D eigenvalue weighted by atomic mass is 9.94. The molecule has 38 heavy (non-hydrogen) atoms. The molecule has 3 aromatic carbocycles. The fourth-order valence-electron chi connectivity index (χ4n) is 5.26. The fourth-order valence-corrected chi connectivity index (χ4v) is 5.56. The van der Waals surface area contributed by atoms with Crippen molar-refractivity contribution in [2.75, 3.05) is 6.54 Å².